The van der Waals surface area contributed by atoms with E-state index in [0.29, 0.717) is 5.75 Å². The molecule has 0 spiro atoms. The number of rotatable bonds is 5. The third-order valence-electron chi connectivity index (χ3n) is 2.13. The second-order valence-corrected chi connectivity index (χ2v) is 4.05. The molecule has 0 aliphatic heterocycles. The smallest absolute Gasteiger partial charge is 0.392 e. The summed E-state index contributed by atoms with van der Waals surface area (Å²) in [5, 5.41) is 11.2. The molecule has 104 valence electrons. The number of nitrogens with zero attached hydrogens (tertiary/aromatic N) is 4. The zero-order valence-corrected chi connectivity index (χ0v) is 10.9. The highest BCUT2D eigenvalue weighted by Gasteiger charge is 2.27. The van der Waals surface area contributed by atoms with Crippen LogP contribution in [0.2, 0.25) is 0 Å². The SMILES string of the molecule is CC(C)Oc1ncnc(Oc2cccnc2)c1[N+](=O)[O-]. The predicted molar refractivity (Wildman–Crippen MR) is 68.8 cm³/mol. The summed E-state index contributed by atoms with van der Waals surface area (Å²) in [5.74, 6) is 0.0253. The van der Waals surface area contributed by atoms with E-state index < -0.39 is 10.6 Å². The summed E-state index contributed by atoms with van der Waals surface area (Å²) in [5.41, 5.74) is -0.412. The minimum Gasteiger partial charge on any atom is -0.470 e. The van der Waals surface area contributed by atoms with Gasteiger partial charge >= 0.3 is 17.4 Å². The van der Waals surface area contributed by atoms with Crippen LogP contribution in [0.3, 0.4) is 0 Å². The molecule has 2 aromatic heterocycles. The summed E-state index contributed by atoms with van der Waals surface area (Å²) in [6.07, 6.45) is 3.88. The molecule has 0 saturated carbocycles. The van der Waals surface area contributed by atoms with Crippen LogP contribution in [0.5, 0.6) is 17.5 Å². The van der Waals surface area contributed by atoms with Crippen molar-refractivity contribution in [1.29, 1.82) is 0 Å². The van der Waals surface area contributed by atoms with E-state index in [9.17, 15) is 10.1 Å². The Kier molecular flexibility index (Phi) is 4.04. The molecule has 0 saturated heterocycles. The van der Waals surface area contributed by atoms with Crippen molar-refractivity contribution >= 4 is 5.69 Å². The van der Waals surface area contributed by atoms with Gasteiger partial charge in [0.25, 0.3) is 0 Å². The van der Waals surface area contributed by atoms with Gasteiger partial charge in [0, 0.05) is 6.20 Å². The highest BCUT2D eigenvalue weighted by atomic mass is 16.6. The van der Waals surface area contributed by atoms with Crippen molar-refractivity contribution in [1.82, 2.24) is 15.0 Å². The molecule has 20 heavy (non-hydrogen) atoms. The van der Waals surface area contributed by atoms with Crippen LogP contribution < -0.4 is 9.47 Å². The topological polar surface area (TPSA) is 100 Å². The highest BCUT2D eigenvalue weighted by molar-refractivity contribution is 5.50. The monoisotopic (exact) mass is 276 g/mol. The maximum Gasteiger partial charge on any atom is 0.392 e. The Labute approximate surface area is 114 Å². The molecule has 2 aromatic rings. The van der Waals surface area contributed by atoms with E-state index in [1.54, 1.807) is 32.2 Å². The zero-order chi connectivity index (χ0) is 14.5. The van der Waals surface area contributed by atoms with Gasteiger partial charge < -0.3 is 9.47 Å². The average molecular weight is 276 g/mol. The van der Waals surface area contributed by atoms with Crippen LogP contribution >= 0.6 is 0 Å². The lowest BCUT2D eigenvalue weighted by atomic mass is 10.4. The van der Waals surface area contributed by atoms with E-state index in [2.05, 4.69) is 15.0 Å². The van der Waals surface area contributed by atoms with Crippen LogP contribution in [0.15, 0.2) is 30.9 Å². The number of aromatic nitrogens is 3. The lowest BCUT2D eigenvalue weighted by molar-refractivity contribution is -0.387. The Morgan fingerprint density at radius 2 is 2.05 bits per heavy atom. The summed E-state index contributed by atoms with van der Waals surface area (Å²) < 4.78 is 10.7. The van der Waals surface area contributed by atoms with Crippen LogP contribution in [0.1, 0.15) is 13.8 Å². The summed E-state index contributed by atoms with van der Waals surface area (Å²) in [4.78, 5) is 21.9. The van der Waals surface area contributed by atoms with Gasteiger partial charge in [0.1, 0.15) is 12.1 Å². The quantitative estimate of drug-likeness (QED) is 0.610. The van der Waals surface area contributed by atoms with Crippen molar-refractivity contribution in [3.8, 4) is 17.5 Å². The van der Waals surface area contributed by atoms with Crippen molar-refractivity contribution in [2.24, 2.45) is 0 Å². The number of hydrogen-bond acceptors (Lipinski definition) is 7. The maximum atomic E-state index is 11.2. The Balaban J connectivity index is 2.39. The first-order valence-electron chi connectivity index (χ1n) is 5.82. The van der Waals surface area contributed by atoms with Gasteiger partial charge in [0.15, 0.2) is 0 Å². The highest BCUT2D eigenvalue weighted by Crippen LogP contribution is 2.35. The van der Waals surface area contributed by atoms with Gasteiger partial charge in [-0.3, -0.25) is 15.1 Å². The van der Waals surface area contributed by atoms with Crippen molar-refractivity contribution in [3.05, 3.63) is 41.0 Å². The van der Waals surface area contributed by atoms with Crippen LogP contribution in [0.25, 0.3) is 0 Å². The molecular weight excluding hydrogens is 264 g/mol. The van der Waals surface area contributed by atoms with Gasteiger partial charge in [-0.15, -0.1) is 0 Å². The lowest BCUT2D eigenvalue weighted by Gasteiger charge is -2.10. The van der Waals surface area contributed by atoms with Crippen LogP contribution in [-0.2, 0) is 0 Å². The van der Waals surface area contributed by atoms with E-state index in [0.717, 1.165) is 6.33 Å². The van der Waals surface area contributed by atoms with Gasteiger partial charge in [0.2, 0.25) is 0 Å². The summed E-state index contributed by atoms with van der Waals surface area (Å²) in [7, 11) is 0. The average Bonchev–Trinajstić information content (AvgIpc) is 2.39. The molecule has 8 heteroatoms. The molecule has 0 N–H and O–H groups in total. The summed E-state index contributed by atoms with van der Waals surface area (Å²) in [6, 6.07) is 3.26. The fourth-order valence-electron chi connectivity index (χ4n) is 1.41. The predicted octanol–water partition coefficient (Wildman–Crippen LogP) is 2.36. The second-order valence-electron chi connectivity index (χ2n) is 4.05. The molecule has 0 bridgehead atoms. The van der Waals surface area contributed by atoms with Crippen molar-refractivity contribution < 1.29 is 14.4 Å². The molecule has 0 aliphatic carbocycles. The first-order chi connectivity index (χ1) is 9.58. The fraction of sp³-hybridized carbons (Fsp3) is 0.250. The van der Waals surface area contributed by atoms with Crippen molar-refractivity contribution in [3.63, 3.8) is 0 Å². The zero-order valence-electron chi connectivity index (χ0n) is 10.9. The fourth-order valence-corrected chi connectivity index (χ4v) is 1.41. The molecule has 8 nitrogen and oxygen atoms in total. The van der Waals surface area contributed by atoms with E-state index >= 15 is 0 Å². The Hall–Kier alpha value is -2.77. The van der Waals surface area contributed by atoms with Gasteiger partial charge in [0.05, 0.1) is 17.2 Å². The molecular formula is C12H12N4O4. The van der Waals surface area contributed by atoms with Gasteiger partial charge in [-0.25, -0.2) is 0 Å². The van der Waals surface area contributed by atoms with E-state index in [-0.39, 0.29) is 17.9 Å². The van der Waals surface area contributed by atoms with E-state index in [1.165, 1.54) is 6.20 Å². The third kappa shape index (κ3) is 3.16. The number of hydrogen-bond donors (Lipinski definition) is 0. The molecule has 0 aromatic carbocycles. The van der Waals surface area contributed by atoms with E-state index in [1.807, 2.05) is 0 Å². The Morgan fingerprint density at radius 1 is 1.30 bits per heavy atom. The largest absolute Gasteiger partial charge is 0.470 e. The van der Waals surface area contributed by atoms with Crippen molar-refractivity contribution in [2.75, 3.05) is 0 Å². The van der Waals surface area contributed by atoms with E-state index in [4.69, 9.17) is 9.47 Å². The maximum absolute atomic E-state index is 11.2. The molecule has 2 rings (SSSR count). The number of pyridine rings is 1. The van der Waals surface area contributed by atoms with Gasteiger partial charge in [-0.1, -0.05) is 0 Å². The van der Waals surface area contributed by atoms with Crippen LogP contribution in [0.4, 0.5) is 5.69 Å². The molecule has 0 unspecified atom stereocenters. The Morgan fingerprint density at radius 3 is 2.65 bits per heavy atom. The standard InChI is InChI=1S/C12H12N4O4/c1-8(2)19-11-10(16(17)18)12(15-7-14-11)20-9-4-3-5-13-6-9/h3-8H,1-2H3. The lowest BCUT2D eigenvalue weighted by Crippen LogP contribution is -2.10. The number of nitro groups is 1. The summed E-state index contributed by atoms with van der Waals surface area (Å²) in [6.45, 7) is 3.49. The summed E-state index contributed by atoms with van der Waals surface area (Å²) >= 11 is 0. The molecule has 0 atom stereocenters. The normalized spacial score (nSPS) is 10.3. The first-order valence-corrected chi connectivity index (χ1v) is 5.82. The minimum atomic E-state index is -0.636. The van der Waals surface area contributed by atoms with Gasteiger partial charge in [-0.05, 0) is 26.0 Å². The molecule has 2 heterocycles. The molecule has 0 radical (unpaired) electrons. The Bertz CT molecular complexity index is 604. The van der Waals surface area contributed by atoms with Crippen molar-refractivity contribution in [2.45, 2.75) is 20.0 Å². The minimum absolute atomic E-state index is 0.126. The second kappa shape index (κ2) is 5.91. The third-order valence-corrected chi connectivity index (χ3v) is 2.13. The van der Waals surface area contributed by atoms with Gasteiger partial charge in [-0.2, -0.15) is 9.97 Å². The molecule has 0 amide bonds. The molecule has 0 fully saturated rings. The van der Waals surface area contributed by atoms with Crippen LogP contribution in [0, 0.1) is 10.1 Å². The number of ether oxygens (including phenoxy) is 2. The van der Waals surface area contributed by atoms with Crippen LogP contribution in [-0.4, -0.2) is 26.0 Å². The molecule has 0 aliphatic rings. The first kappa shape index (κ1) is 13.7.